The van der Waals surface area contributed by atoms with E-state index in [1.807, 2.05) is 0 Å². The van der Waals surface area contributed by atoms with Gasteiger partial charge in [0.25, 0.3) is 0 Å². The molecular weight excluding hydrogens is 576 g/mol. The first-order valence-corrected chi connectivity index (χ1v) is 14.2. The van der Waals surface area contributed by atoms with Gasteiger partial charge in [-0.3, -0.25) is 24.2 Å². The van der Waals surface area contributed by atoms with Gasteiger partial charge in [0.15, 0.2) is 5.96 Å². The number of nitrogens with zero attached hydrogens (tertiary/aromatic N) is 4. The summed E-state index contributed by atoms with van der Waals surface area (Å²) < 4.78 is 0. The molecule has 44 heavy (non-hydrogen) atoms. The average Bonchev–Trinajstić information content (AvgIpc) is 3.77. The largest absolute Gasteiger partial charge is 0.480 e. The lowest BCUT2D eigenvalue weighted by Gasteiger charge is -2.28. The van der Waals surface area contributed by atoms with Gasteiger partial charge in [0.05, 0.1) is 18.7 Å². The number of hydrogen-bond acceptors (Lipinski definition) is 9. The van der Waals surface area contributed by atoms with Crippen LogP contribution in [0.1, 0.15) is 44.0 Å². The van der Waals surface area contributed by atoms with Crippen LogP contribution < -0.4 is 33.2 Å². The van der Waals surface area contributed by atoms with Gasteiger partial charge in [-0.05, 0) is 32.6 Å². The number of carbonyl (C=O) groups excluding carboxylic acids is 4. The molecule has 1 aliphatic heterocycles. The Morgan fingerprint density at radius 3 is 2.27 bits per heavy atom. The van der Waals surface area contributed by atoms with Gasteiger partial charge < -0.3 is 53.1 Å². The molecule has 1 fully saturated rings. The number of likely N-dealkylation sites (tertiary alicyclic amines) is 1. The molecule has 0 aliphatic carbocycles. The Kier molecular flexibility index (Phi) is 12.2. The van der Waals surface area contributed by atoms with E-state index >= 15 is 0 Å². The van der Waals surface area contributed by atoms with Gasteiger partial charge in [-0.25, -0.2) is 14.8 Å². The van der Waals surface area contributed by atoms with Crippen LogP contribution >= 0.6 is 0 Å². The highest BCUT2D eigenvalue weighted by Crippen LogP contribution is 2.19. The molecule has 18 heteroatoms. The van der Waals surface area contributed by atoms with Crippen molar-refractivity contribution in [3.63, 3.8) is 0 Å². The number of rotatable bonds is 16. The number of carbonyl (C=O) groups is 5. The average molecular weight is 617 g/mol. The van der Waals surface area contributed by atoms with Crippen LogP contribution in [0.3, 0.4) is 0 Å². The summed E-state index contributed by atoms with van der Waals surface area (Å²) >= 11 is 0. The fourth-order valence-electron chi connectivity index (χ4n) is 4.77. The van der Waals surface area contributed by atoms with E-state index in [-0.39, 0.29) is 31.8 Å². The van der Waals surface area contributed by atoms with Crippen molar-refractivity contribution in [2.75, 3.05) is 13.1 Å². The number of imidazole rings is 2. The fraction of sp³-hybridized carbons (Fsp3) is 0.538. The van der Waals surface area contributed by atoms with Gasteiger partial charge >= 0.3 is 5.97 Å². The van der Waals surface area contributed by atoms with Crippen LogP contribution in [-0.2, 0) is 36.8 Å². The molecule has 0 radical (unpaired) electrons. The normalized spacial score (nSPS) is 17.1. The minimum absolute atomic E-state index is 0.00839. The zero-order valence-electron chi connectivity index (χ0n) is 24.4. The Balaban J connectivity index is 1.63. The van der Waals surface area contributed by atoms with Gasteiger partial charge in [0, 0.05) is 49.7 Å². The third-order valence-electron chi connectivity index (χ3n) is 7.07. The standard InChI is InChI=1S/C26H40N12O6/c1-14(21(39)36-18(25(43)44)4-2-6-32-26(28)29)35-22(40)19(9-16-11-31-13-34-16)37-23(41)20-5-3-7-38(20)24(42)17(27)8-15-10-30-12-33-15/h10-14,17-20H,2-9,27H2,1H3,(H,30,33)(H,31,34)(H,35,40)(H,36,39)(H,37,41)(H,43,44)(H4,28,29,32)/t14-,17-,18-,19-,20-/m0/s1. The second-order valence-corrected chi connectivity index (χ2v) is 10.5. The third kappa shape index (κ3) is 9.79. The zero-order valence-corrected chi connectivity index (χ0v) is 24.4. The molecule has 12 N–H and O–H groups in total. The number of hydrogen-bond donors (Lipinski definition) is 9. The number of H-pyrrole nitrogens is 2. The highest BCUT2D eigenvalue weighted by Gasteiger charge is 2.38. The van der Waals surface area contributed by atoms with Crippen LogP contribution in [0.25, 0.3) is 0 Å². The van der Waals surface area contributed by atoms with E-state index in [2.05, 4.69) is 40.9 Å². The first kappa shape index (κ1) is 33.5. The van der Waals surface area contributed by atoms with E-state index in [1.54, 1.807) is 6.20 Å². The fourth-order valence-corrected chi connectivity index (χ4v) is 4.77. The van der Waals surface area contributed by atoms with Gasteiger partial charge in [-0.15, -0.1) is 0 Å². The maximum atomic E-state index is 13.4. The van der Waals surface area contributed by atoms with Crippen LogP contribution in [0.15, 0.2) is 30.0 Å². The molecule has 240 valence electrons. The molecule has 1 saturated heterocycles. The van der Waals surface area contributed by atoms with Crippen LogP contribution in [0, 0.1) is 0 Å². The van der Waals surface area contributed by atoms with Gasteiger partial charge in [-0.1, -0.05) is 0 Å². The number of nitrogens with two attached hydrogens (primary N) is 3. The summed E-state index contributed by atoms with van der Waals surface area (Å²) in [4.78, 5) is 83.1. The second kappa shape index (κ2) is 16.0. The van der Waals surface area contributed by atoms with Crippen molar-refractivity contribution in [2.45, 2.75) is 75.7 Å². The van der Waals surface area contributed by atoms with Crippen molar-refractivity contribution in [1.29, 1.82) is 0 Å². The number of guanidine groups is 1. The van der Waals surface area contributed by atoms with Crippen molar-refractivity contribution in [3.05, 3.63) is 36.4 Å². The summed E-state index contributed by atoms with van der Waals surface area (Å²) in [6.07, 6.45) is 7.48. The summed E-state index contributed by atoms with van der Waals surface area (Å²) in [5, 5.41) is 17.1. The van der Waals surface area contributed by atoms with Crippen molar-refractivity contribution in [2.24, 2.45) is 22.2 Å². The minimum Gasteiger partial charge on any atom is -0.480 e. The number of aliphatic carboxylic acids is 1. The summed E-state index contributed by atoms with van der Waals surface area (Å²) in [6.45, 7) is 1.90. The lowest BCUT2D eigenvalue weighted by atomic mass is 10.1. The minimum atomic E-state index is -1.26. The van der Waals surface area contributed by atoms with E-state index < -0.39 is 59.8 Å². The molecule has 3 heterocycles. The molecule has 0 saturated carbocycles. The van der Waals surface area contributed by atoms with E-state index in [4.69, 9.17) is 17.2 Å². The molecule has 5 atom stereocenters. The van der Waals surface area contributed by atoms with Crippen molar-refractivity contribution >= 4 is 35.6 Å². The number of aromatic nitrogens is 4. The van der Waals surface area contributed by atoms with E-state index in [0.717, 1.165) is 0 Å². The monoisotopic (exact) mass is 616 g/mol. The number of nitrogens with one attached hydrogen (secondary N) is 5. The van der Waals surface area contributed by atoms with E-state index in [9.17, 15) is 29.1 Å². The Hall–Kier alpha value is -5.00. The Morgan fingerprint density at radius 2 is 1.68 bits per heavy atom. The third-order valence-corrected chi connectivity index (χ3v) is 7.07. The maximum Gasteiger partial charge on any atom is 0.326 e. The summed E-state index contributed by atoms with van der Waals surface area (Å²) in [6, 6.07) is -5.27. The lowest BCUT2D eigenvalue weighted by Crippen LogP contribution is -2.58. The SMILES string of the molecule is C[C@H](NC(=O)[C@H](Cc1cnc[nH]1)NC(=O)[C@@H]1CCCN1C(=O)[C@@H](N)Cc1cnc[nH]1)C(=O)N[C@@H](CCCN=C(N)N)C(=O)O. The second-order valence-electron chi connectivity index (χ2n) is 10.5. The lowest BCUT2D eigenvalue weighted by molar-refractivity contribution is -0.142. The van der Waals surface area contributed by atoms with Crippen LogP contribution in [0.5, 0.6) is 0 Å². The van der Waals surface area contributed by atoms with Crippen molar-refractivity contribution < 1.29 is 29.1 Å². The molecule has 0 bridgehead atoms. The molecular formula is C26H40N12O6. The summed E-state index contributed by atoms with van der Waals surface area (Å²) in [5.74, 6) is -3.77. The molecule has 18 nitrogen and oxygen atoms in total. The van der Waals surface area contributed by atoms with E-state index in [1.165, 1.54) is 30.7 Å². The molecule has 0 unspecified atom stereocenters. The van der Waals surface area contributed by atoms with Gasteiger partial charge in [0.1, 0.15) is 24.2 Å². The number of aromatic amines is 2. The first-order chi connectivity index (χ1) is 21.0. The van der Waals surface area contributed by atoms with Crippen LogP contribution in [0.2, 0.25) is 0 Å². The van der Waals surface area contributed by atoms with Crippen LogP contribution in [0.4, 0.5) is 0 Å². The maximum absolute atomic E-state index is 13.4. The van der Waals surface area contributed by atoms with Crippen LogP contribution in [-0.4, -0.2) is 109 Å². The van der Waals surface area contributed by atoms with Crippen molar-refractivity contribution in [3.8, 4) is 0 Å². The summed E-state index contributed by atoms with van der Waals surface area (Å²) in [5.41, 5.74) is 17.9. The Bertz CT molecular complexity index is 1290. The quantitative estimate of drug-likeness (QED) is 0.0515. The molecule has 0 aromatic carbocycles. The number of aliphatic imine (C=N–C) groups is 1. The van der Waals surface area contributed by atoms with Gasteiger partial charge in [0.2, 0.25) is 23.6 Å². The smallest absolute Gasteiger partial charge is 0.326 e. The highest BCUT2D eigenvalue weighted by atomic mass is 16.4. The first-order valence-electron chi connectivity index (χ1n) is 14.2. The molecule has 3 rings (SSSR count). The van der Waals surface area contributed by atoms with E-state index in [0.29, 0.717) is 37.2 Å². The molecule has 2 aromatic heterocycles. The molecule has 0 spiro atoms. The predicted octanol–water partition coefficient (Wildman–Crippen LogP) is -3.15. The highest BCUT2D eigenvalue weighted by molar-refractivity contribution is 5.95. The molecule has 1 aliphatic rings. The zero-order chi connectivity index (χ0) is 32.2. The predicted molar refractivity (Wildman–Crippen MR) is 156 cm³/mol. The van der Waals surface area contributed by atoms with Crippen molar-refractivity contribution in [1.82, 2.24) is 40.8 Å². The number of carboxylic acid groups (broad SMARTS) is 1. The van der Waals surface area contributed by atoms with Gasteiger partial charge in [-0.2, -0.15) is 0 Å². The topological polar surface area (TPSA) is 293 Å². The Labute approximate surface area is 253 Å². The summed E-state index contributed by atoms with van der Waals surface area (Å²) in [7, 11) is 0. The Morgan fingerprint density at radius 1 is 1.02 bits per heavy atom. The number of amides is 4. The molecule has 2 aromatic rings. The number of carboxylic acids is 1. The molecule has 4 amide bonds.